The Hall–Kier alpha value is -2.43. The Kier molecular flexibility index (Phi) is 7.55. The van der Waals surface area contributed by atoms with Crippen LogP contribution in [0.4, 0.5) is 0 Å². The van der Waals surface area contributed by atoms with Crippen molar-refractivity contribution in [3.05, 3.63) is 77.9 Å². The lowest BCUT2D eigenvalue weighted by Gasteiger charge is -2.44. The van der Waals surface area contributed by atoms with Gasteiger partial charge in [-0.1, -0.05) is 60.7 Å². The minimum atomic E-state index is 0.180. The number of carbonyl (C=O) groups is 1. The maximum atomic E-state index is 13.4. The molecule has 2 aliphatic rings. The van der Waals surface area contributed by atoms with Crippen molar-refractivity contribution in [2.45, 2.75) is 44.3 Å². The van der Waals surface area contributed by atoms with Crippen LogP contribution in [0.3, 0.4) is 0 Å². The van der Waals surface area contributed by atoms with Gasteiger partial charge in [0.2, 0.25) is 5.91 Å². The van der Waals surface area contributed by atoms with Crippen LogP contribution in [-0.4, -0.2) is 65.9 Å². The molecule has 2 heterocycles. The van der Waals surface area contributed by atoms with E-state index in [1.54, 1.807) is 6.08 Å². The summed E-state index contributed by atoms with van der Waals surface area (Å²) in [6, 6.07) is 21.5. The van der Waals surface area contributed by atoms with Crippen molar-refractivity contribution in [1.82, 2.24) is 14.7 Å². The number of hydrogen-bond donors (Lipinski definition) is 0. The van der Waals surface area contributed by atoms with Gasteiger partial charge in [0.15, 0.2) is 0 Å². The van der Waals surface area contributed by atoms with E-state index in [4.69, 9.17) is 0 Å². The number of nitrogens with zero attached hydrogens (tertiary/aromatic N) is 3. The van der Waals surface area contributed by atoms with Gasteiger partial charge in [0.1, 0.15) is 0 Å². The minimum Gasteiger partial charge on any atom is -0.333 e. The van der Waals surface area contributed by atoms with E-state index in [0.29, 0.717) is 12.1 Å². The van der Waals surface area contributed by atoms with E-state index in [2.05, 4.69) is 52.1 Å². The van der Waals surface area contributed by atoms with Crippen LogP contribution in [0.25, 0.3) is 6.08 Å². The minimum absolute atomic E-state index is 0.180. The lowest BCUT2D eigenvalue weighted by molar-refractivity contribution is -0.133. The number of amides is 1. The number of piperidine rings is 2. The molecule has 0 spiro atoms. The van der Waals surface area contributed by atoms with Crippen molar-refractivity contribution < 1.29 is 4.79 Å². The summed E-state index contributed by atoms with van der Waals surface area (Å²) >= 11 is 0. The number of hydrogen-bond acceptors (Lipinski definition) is 3. The second kappa shape index (κ2) is 10.7. The van der Waals surface area contributed by atoms with Gasteiger partial charge in [0.25, 0.3) is 0 Å². The second-order valence-electron chi connectivity index (χ2n) is 9.02. The van der Waals surface area contributed by atoms with Gasteiger partial charge in [-0.25, -0.2) is 0 Å². The molecular weight excluding hydrogens is 382 g/mol. The Morgan fingerprint density at radius 1 is 0.871 bits per heavy atom. The van der Waals surface area contributed by atoms with E-state index < -0.39 is 0 Å². The van der Waals surface area contributed by atoms with E-state index in [9.17, 15) is 4.79 Å². The van der Waals surface area contributed by atoms with Gasteiger partial charge in [-0.05, 0) is 63.0 Å². The molecule has 4 rings (SSSR count). The SMILES string of the molecule is CN1CCC(N(C(=O)/C=C/c2ccccc2)C2CCN(Cc3ccccc3)CC2)CC1. The molecule has 2 aromatic rings. The van der Waals surface area contributed by atoms with Crippen LogP contribution in [0.15, 0.2) is 66.7 Å². The normalized spacial score (nSPS) is 19.6. The molecular formula is C27H35N3O. The molecule has 2 fully saturated rings. The maximum absolute atomic E-state index is 13.4. The van der Waals surface area contributed by atoms with Crippen molar-refractivity contribution >= 4 is 12.0 Å². The second-order valence-corrected chi connectivity index (χ2v) is 9.02. The Morgan fingerprint density at radius 3 is 2.03 bits per heavy atom. The smallest absolute Gasteiger partial charge is 0.247 e. The lowest BCUT2D eigenvalue weighted by atomic mass is 9.96. The van der Waals surface area contributed by atoms with Crippen molar-refractivity contribution in [1.29, 1.82) is 0 Å². The van der Waals surface area contributed by atoms with E-state index in [1.165, 1.54) is 5.56 Å². The fourth-order valence-corrected chi connectivity index (χ4v) is 4.95. The summed E-state index contributed by atoms with van der Waals surface area (Å²) in [5.74, 6) is 0.180. The first-order valence-corrected chi connectivity index (χ1v) is 11.7. The summed E-state index contributed by atoms with van der Waals surface area (Å²) in [5.41, 5.74) is 2.45. The molecule has 0 saturated carbocycles. The molecule has 4 heteroatoms. The highest BCUT2D eigenvalue weighted by Crippen LogP contribution is 2.25. The molecule has 0 radical (unpaired) electrons. The summed E-state index contributed by atoms with van der Waals surface area (Å²) in [6.07, 6.45) is 8.03. The quantitative estimate of drug-likeness (QED) is 0.656. The van der Waals surface area contributed by atoms with Crippen LogP contribution in [-0.2, 0) is 11.3 Å². The van der Waals surface area contributed by atoms with Crippen LogP contribution in [0, 0.1) is 0 Å². The van der Waals surface area contributed by atoms with Crippen LogP contribution in [0.1, 0.15) is 36.8 Å². The monoisotopic (exact) mass is 417 g/mol. The fourth-order valence-electron chi connectivity index (χ4n) is 4.95. The Balaban J connectivity index is 1.42. The molecule has 164 valence electrons. The third-order valence-electron chi connectivity index (χ3n) is 6.75. The van der Waals surface area contributed by atoms with Gasteiger partial charge in [-0.2, -0.15) is 0 Å². The Morgan fingerprint density at radius 2 is 1.42 bits per heavy atom. The molecule has 0 atom stereocenters. The summed E-state index contributed by atoms with van der Waals surface area (Å²) in [5, 5.41) is 0. The van der Waals surface area contributed by atoms with Crippen LogP contribution in [0.2, 0.25) is 0 Å². The number of likely N-dealkylation sites (tertiary alicyclic amines) is 2. The third-order valence-corrected chi connectivity index (χ3v) is 6.75. The molecule has 0 N–H and O–H groups in total. The largest absolute Gasteiger partial charge is 0.333 e. The van der Waals surface area contributed by atoms with Gasteiger partial charge in [0.05, 0.1) is 0 Å². The highest BCUT2D eigenvalue weighted by Gasteiger charge is 2.33. The van der Waals surface area contributed by atoms with Crippen molar-refractivity contribution in [2.24, 2.45) is 0 Å². The highest BCUT2D eigenvalue weighted by molar-refractivity contribution is 5.92. The van der Waals surface area contributed by atoms with E-state index in [0.717, 1.165) is 64.0 Å². The van der Waals surface area contributed by atoms with Crippen molar-refractivity contribution in [3.63, 3.8) is 0 Å². The van der Waals surface area contributed by atoms with E-state index >= 15 is 0 Å². The van der Waals surface area contributed by atoms with Gasteiger partial charge >= 0.3 is 0 Å². The topological polar surface area (TPSA) is 26.8 Å². The van der Waals surface area contributed by atoms with Crippen LogP contribution < -0.4 is 0 Å². The number of rotatable bonds is 6. The summed E-state index contributed by atoms with van der Waals surface area (Å²) in [6.45, 7) is 5.26. The fraction of sp³-hybridized carbons (Fsp3) is 0.444. The molecule has 4 nitrogen and oxygen atoms in total. The van der Waals surface area contributed by atoms with Gasteiger partial charge in [-0.15, -0.1) is 0 Å². The third kappa shape index (κ3) is 6.05. The Labute approximate surface area is 187 Å². The average Bonchev–Trinajstić information content (AvgIpc) is 2.82. The van der Waals surface area contributed by atoms with Gasteiger partial charge in [-0.3, -0.25) is 9.69 Å². The molecule has 2 aromatic carbocycles. The first-order valence-electron chi connectivity index (χ1n) is 11.7. The van der Waals surface area contributed by atoms with Gasteiger partial charge < -0.3 is 9.80 Å². The average molecular weight is 418 g/mol. The maximum Gasteiger partial charge on any atom is 0.247 e. The highest BCUT2D eigenvalue weighted by atomic mass is 16.2. The van der Waals surface area contributed by atoms with E-state index in [-0.39, 0.29) is 5.91 Å². The van der Waals surface area contributed by atoms with E-state index in [1.807, 2.05) is 36.4 Å². The first-order chi connectivity index (χ1) is 15.2. The zero-order valence-corrected chi connectivity index (χ0v) is 18.7. The molecule has 0 bridgehead atoms. The standard InChI is InChI=1S/C27H35N3O/c1-28-18-14-25(15-19-28)30(27(31)13-12-23-8-4-2-5-9-23)26-16-20-29(21-17-26)22-24-10-6-3-7-11-24/h2-13,25-26H,14-22H2,1H3/b13-12+. The summed E-state index contributed by atoms with van der Waals surface area (Å²) in [7, 11) is 2.18. The molecule has 0 aliphatic carbocycles. The van der Waals surface area contributed by atoms with Crippen molar-refractivity contribution in [2.75, 3.05) is 33.2 Å². The number of carbonyl (C=O) groups excluding carboxylic acids is 1. The molecule has 2 aliphatic heterocycles. The Bertz CT molecular complexity index is 835. The van der Waals surface area contributed by atoms with Crippen LogP contribution in [0.5, 0.6) is 0 Å². The first kappa shape index (κ1) is 21.8. The molecule has 0 unspecified atom stereocenters. The zero-order valence-electron chi connectivity index (χ0n) is 18.7. The zero-order chi connectivity index (χ0) is 21.5. The summed E-state index contributed by atoms with van der Waals surface area (Å²) < 4.78 is 0. The summed E-state index contributed by atoms with van der Waals surface area (Å²) in [4.78, 5) is 20.5. The predicted octanol–water partition coefficient (Wildman–Crippen LogP) is 4.29. The molecule has 0 aromatic heterocycles. The lowest BCUT2D eigenvalue weighted by Crippen LogP contribution is -2.53. The van der Waals surface area contributed by atoms with Gasteiger partial charge in [0, 0.05) is 37.8 Å². The predicted molar refractivity (Wildman–Crippen MR) is 128 cm³/mol. The van der Waals surface area contributed by atoms with Crippen LogP contribution >= 0.6 is 0 Å². The van der Waals surface area contributed by atoms with Crippen molar-refractivity contribution in [3.8, 4) is 0 Å². The molecule has 1 amide bonds. The molecule has 2 saturated heterocycles. The number of benzene rings is 2. The molecule has 31 heavy (non-hydrogen) atoms.